The van der Waals surface area contributed by atoms with E-state index in [1.54, 1.807) is 17.0 Å². The van der Waals surface area contributed by atoms with Gasteiger partial charge in [0.1, 0.15) is 17.2 Å². The van der Waals surface area contributed by atoms with Gasteiger partial charge in [-0.2, -0.15) is 0 Å². The Labute approximate surface area is 187 Å². The van der Waals surface area contributed by atoms with E-state index in [1.165, 1.54) is 0 Å². The van der Waals surface area contributed by atoms with Gasteiger partial charge in [0.25, 0.3) is 0 Å². The highest BCUT2D eigenvalue weighted by atomic mass is 16.5. The molecule has 0 unspecified atom stereocenters. The largest absolute Gasteiger partial charge is 0.494 e. The number of nitrogens with zero attached hydrogens (tertiary/aromatic N) is 1. The molecule has 0 spiro atoms. The maximum Gasteiger partial charge on any atom is 0.229 e. The van der Waals surface area contributed by atoms with E-state index in [0.29, 0.717) is 24.6 Å². The number of benzene rings is 3. The molecule has 6 heteroatoms. The standard InChI is InChI=1S/C26H26N2O4/c1-3-31-22-14-10-21(11-15-22)28-17-19(16-25(28)29)26(30)27-20-8-12-23(13-9-20)32-24-7-5-4-6-18(24)2/h4-15,19H,3,16-17H2,1-2H3,(H,27,30)/t19-/m1/s1. The number of hydrogen-bond acceptors (Lipinski definition) is 4. The lowest BCUT2D eigenvalue weighted by Gasteiger charge is -2.17. The van der Waals surface area contributed by atoms with E-state index in [9.17, 15) is 9.59 Å². The van der Waals surface area contributed by atoms with E-state index in [1.807, 2.05) is 74.5 Å². The first-order valence-corrected chi connectivity index (χ1v) is 10.7. The molecule has 3 aromatic rings. The summed E-state index contributed by atoms with van der Waals surface area (Å²) < 4.78 is 11.3. The minimum atomic E-state index is -0.406. The van der Waals surface area contributed by atoms with Crippen LogP contribution in [-0.4, -0.2) is 25.0 Å². The fourth-order valence-electron chi connectivity index (χ4n) is 3.67. The van der Waals surface area contributed by atoms with E-state index in [-0.39, 0.29) is 18.2 Å². The number of carbonyl (C=O) groups is 2. The van der Waals surface area contributed by atoms with Crippen LogP contribution in [-0.2, 0) is 9.59 Å². The molecule has 1 aliphatic rings. The zero-order valence-electron chi connectivity index (χ0n) is 18.2. The van der Waals surface area contributed by atoms with Gasteiger partial charge < -0.3 is 19.7 Å². The molecule has 1 N–H and O–H groups in total. The lowest BCUT2D eigenvalue weighted by molar-refractivity contribution is -0.122. The molecule has 32 heavy (non-hydrogen) atoms. The van der Waals surface area contributed by atoms with Crippen LogP contribution in [0.3, 0.4) is 0 Å². The fraction of sp³-hybridized carbons (Fsp3) is 0.231. The molecule has 0 saturated carbocycles. The van der Waals surface area contributed by atoms with E-state index in [2.05, 4.69) is 5.32 Å². The van der Waals surface area contributed by atoms with Gasteiger partial charge in [0, 0.05) is 24.3 Å². The van der Waals surface area contributed by atoms with Crippen molar-refractivity contribution in [3.8, 4) is 17.2 Å². The second-order valence-corrected chi connectivity index (χ2v) is 7.71. The number of para-hydroxylation sites is 1. The Bertz CT molecular complexity index is 1090. The van der Waals surface area contributed by atoms with Crippen LogP contribution in [0.1, 0.15) is 18.9 Å². The first-order valence-electron chi connectivity index (χ1n) is 10.7. The Kier molecular flexibility index (Phi) is 6.40. The molecule has 0 radical (unpaired) electrons. The number of nitrogens with one attached hydrogen (secondary N) is 1. The Morgan fingerprint density at radius 1 is 1.00 bits per heavy atom. The molecule has 1 fully saturated rings. The third-order valence-corrected chi connectivity index (χ3v) is 5.40. The highest BCUT2D eigenvalue weighted by Gasteiger charge is 2.35. The van der Waals surface area contributed by atoms with Gasteiger partial charge in [-0.25, -0.2) is 0 Å². The minimum Gasteiger partial charge on any atom is -0.494 e. The van der Waals surface area contributed by atoms with Crippen LogP contribution in [0.25, 0.3) is 0 Å². The lowest BCUT2D eigenvalue weighted by Crippen LogP contribution is -2.28. The predicted octanol–water partition coefficient (Wildman–Crippen LogP) is 5.18. The number of carbonyl (C=O) groups excluding carboxylic acids is 2. The highest BCUT2D eigenvalue weighted by Crippen LogP contribution is 2.29. The maximum atomic E-state index is 12.8. The van der Waals surface area contributed by atoms with Crippen molar-refractivity contribution in [2.75, 3.05) is 23.4 Å². The molecule has 0 aromatic heterocycles. The second-order valence-electron chi connectivity index (χ2n) is 7.71. The van der Waals surface area contributed by atoms with Gasteiger partial charge in [-0.1, -0.05) is 18.2 Å². The SMILES string of the molecule is CCOc1ccc(N2C[C@H](C(=O)Nc3ccc(Oc4ccccc4C)cc3)CC2=O)cc1. The summed E-state index contributed by atoms with van der Waals surface area (Å²) in [6, 6.07) is 22.4. The van der Waals surface area contributed by atoms with Gasteiger partial charge >= 0.3 is 0 Å². The van der Waals surface area contributed by atoms with Gasteiger partial charge in [-0.05, 0) is 74.0 Å². The summed E-state index contributed by atoms with van der Waals surface area (Å²) in [5.41, 5.74) is 2.48. The quantitative estimate of drug-likeness (QED) is 0.561. The number of aryl methyl sites for hydroxylation is 1. The summed E-state index contributed by atoms with van der Waals surface area (Å²) in [5, 5.41) is 2.91. The van der Waals surface area contributed by atoms with Crippen LogP contribution in [0, 0.1) is 12.8 Å². The van der Waals surface area contributed by atoms with Gasteiger partial charge in [0.2, 0.25) is 11.8 Å². The number of ether oxygens (including phenoxy) is 2. The third kappa shape index (κ3) is 4.91. The Hall–Kier alpha value is -3.80. The molecule has 1 atom stereocenters. The van der Waals surface area contributed by atoms with E-state index >= 15 is 0 Å². The molecule has 0 bridgehead atoms. The van der Waals surface area contributed by atoms with E-state index in [0.717, 1.165) is 22.7 Å². The predicted molar refractivity (Wildman–Crippen MR) is 124 cm³/mol. The molecule has 1 aliphatic heterocycles. The van der Waals surface area contributed by atoms with Crippen molar-refractivity contribution >= 4 is 23.2 Å². The number of anilines is 2. The van der Waals surface area contributed by atoms with E-state index < -0.39 is 5.92 Å². The van der Waals surface area contributed by atoms with Gasteiger partial charge in [0.15, 0.2) is 0 Å². The van der Waals surface area contributed by atoms with Crippen LogP contribution in [0.5, 0.6) is 17.2 Å². The topological polar surface area (TPSA) is 67.9 Å². The van der Waals surface area contributed by atoms with Crippen molar-refractivity contribution in [3.63, 3.8) is 0 Å². The number of amides is 2. The smallest absolute Gasteiger partial charge is 0.229 e. The lowest BCUT2D eigenvalue weighted by atomic mass is 10.1. The Morgan fingerprint density at radius 2 is 1.69 bits per heavy atom. The van der Waals surface area contributed by atoms with Crippen LogP contribution < -0.4 is 19.7 Å². The highest BCUT2D eigenvalue weighted by molar-refractivity contribution is 6.03. The summed E-state index contributed by atoms with van der Waals surface area (Å²) in [6.07, 6.45) is 0.188. The van der Waals surface area contributed by atoms with Crippen molar-refractivity contribution in [3.05, 3.63) is 78.4 Å². The summed E-state index contributed by atoms with van der Waals surface area (Å²) >= 11 is 0. The van der Waals surface area contributed by atoms with Gasteiger partial charge in [0.05, 0.1) is 12.5 Å². The molecule has 6 nitrogen and oxygen atoms in total. The molecule has 164 valence electrons. The summed E-state index contributed by atoms with van der Waals surface area (Å²) in [5.74, 6) is 1.61. The normalized spacial score (nSPS) is 15.5. The van der Waals surface area contributed by atoms with Crippen LogP contribution in [0.2, 0.25) is 0 Å². The Morgan fingerprint density at radius 3 is 2.38 bits per heavy atom. The summed E-state index contributed by atoms with van der Waals surface area (Å²) in [6.45, 7) is 4.85. The zero-order valence-corrected chi connectivity index (χ0v) is 18.2. The maximum absolute atomic E-state index is 12.8. The average Bonchev–Trinajstić information content (AvgIpc) is 3.19. The molecular weight excluding hydrogens is 404 g/mol. The summed E-state index contributed by atoms with van der Waals surface area (Å²) in [4.78, 5) is 26.9. The molecular formula is C26H26N2O4. The first-order chi connectivity index (χ1) is 15.5. The Balaban J connectivity index is 1.35. The molecule has 2 amide bonds. The molecule has 4 rings (SSSR count). The van der Waals surface area contributed by atoms with Crippen molar-refractivity contribution in [2.24, 2.45) is 5.92 Å². The van der Waals surface area contributed by atoms with Crippen molar-refractivity contribution < 1.29 is 19.1 Å². The first kappa shape index (κ1) is 21.4. The summed E-state index contributed by atoms with van der Waals surface area (Å²) in [7, 11) is 0. The van der Waals surface area contributed by atoms with Gasteiger partial charge in [-0.3, -0.25) is 9.59 Å². The van der Waals surface area contributed by atoms with Crippen LogP contribution >= 0.6 is 0 Å². The third-order valence-electron chi connectivity index (χ3n) is 5.40. The van der Waals surface area contributed by atoms with Gasteiger partial charge in [-0.15, -0.1) is 0 Å². The second kappa shape index (κ2) is 9.56. The number of rotatable bonds is 7. The zero-order chi connectivity index (χ0) is 22.5. The monoisotopic (exact) mass is 430 g/mol. The molecule has 1 heterocycles. The van der Waals surface area contributed by atoms with Crippen molar-refractivity contribution in [2.45, 2.75) is 20.3 Å². The van der Waals surface area contributed by atoms with E-state index in [4.69, 9.17) is 9.47 Å². The van der Waals surface area contributed by atoms with Crippen LogP contribution in [0.4, 0.5) is 11.4 Å². The average molecular weight is 431 g/mol. The molecule has 0 aliphatic carbocycles. The molecule has 1 saturated heterocycles. The van der Waals surface area contributed by atoms with Crippen molar-refractivity contribution in [1.29, 1.82) is 0 Å². The minimum absolute atomic E-state index is 0.0590. The number of hydrogen-bond donors (Lipinski definition) is 1. The van der Waals surface area contributed by atoms with Crippen LogP contribution in [0.15, 0.2) is 72.8 Å². The molecule has 3 aromatic carbocycles. The fourth-order valence-corrected chi connectivity index (χ4v) is 3.67. The van der Waals surface area contributed by atoms with Crippen molar-refractivity contribution in [1.82, 2.24) is 0 Å².